The summed E-state index contributed by atoms with van der Waals surface area (Å²) < 4.78 is 17.0. The van der Waals surface area contributed by atoms with Gasteiger partial charge in [0.15, 0.2) is 6.10 Å². The summed E-state index contributed by atoms with van der Waals surface area (Å²) in [5.74, 6) is -0.849. The number of hydrogen-bond acceptors (Lipinski definition) is 6. The van der Waals surface area contributed by atoms with E-state index in [0.29, 0.717) is 19.3 Å². The summed E-state index contributed by atoms with van der Waals surface area (Å²) in [4.78, 5) is 38.5. The largest absolute Gasteiger partial charge is 0.462 e. The molecule has 0 spiro atoms. The highest BCUT2D eigenvalue weighted by molar-refractivity contribution is 5.71. The van der Waals surface area contributed by atoms with Gasteiger partial charge in [-0.25, -0.2) is 0 Å². The van der Waals surface area contributed by atoms with E-state index in [1.807, 2.05) is 0 Å². The van der Waals surface area contributed by atoms with E-state index >= 15 is 0 Å². The SMILES string of the molecule is CC/C=C\C/C=C\C/C=C\C/C=C\CCCCCCCCCCCCC(=O)OCC(COC(=O)CCCCCCCCCCCCCCCCCCC)OC(=O)CCCCCCCCCCCCC/C=C\CCCCCCCCCC. The first-order chi connectivity index (χ1) is 40.0. The van der Waals surface area contributed by atoms with E-state index < -0.39 is 6.10 Å². The van der Waals surface area contributed by atoms with Crippen LogP contribution in [-0.4, -0.2) is 37.2 Å². The van der Waals surface area contributed by atoms with E-state index in [1.165, 1.54) is 257 Å². The Balaban J connectivity index is 4.32. The summed E-state index contributed by atoms with van der Waals surface area (Å²) in [6.45, 7) is 6.60. The van der Waals surface area contributed by atoms with Crippen molar-refractivity contribution in [1.29, 1.82) is 0 Å². The molecule has 6 heteroatoms. The summed E-state index contributed by atoms with van der Waals surface area (Å²) in [5, 5.41) is 0. The van der Waals surface area contributed by atoms with Crippen LogP contribution in [0, 0.1) is 0 Å². The number of rotatable bonds is 66. The number of hydrogen-bond donors (Lipinski definition) is 0. The van der Waals surface area contributed by atoms with Gasteiger partial charge in [-0.2, -0.15) is 0 Å². The Labute approximate surface area is 504 Å². The molecule has 0 amide bonds. The molecule has 6 nitrogen and oxygen atoms in total. The third-order valence-electron chi connectivity index (χ3n) is 16.0. The Hall–Kier alpha value is -2.89. The predicted molar refractivity (Wildman–Crippen MR) is 353 cm³/mol. The Morgan fingerprint density at radius 3 is 0.765 bits per heavy atom. The monoisotopic (exact) mass is 1130 g/mol. The Morgan fingerprint density at radius 2 is 0.481 bits per heavy atom. The molecule has 0 N–H and O–H groups in total. The molecule has 0 heterocycles. The zero-order chi connectivity index (χ0) is 58.5. The predicted octanol–water partition coefficient (Wildman–Crippen LogP) is 24.7. The van der Waals surface area contributed by atoms with E-state index in [4.69, 9.17) is 14.2 Å². The van der Waals surface area contributed by atoms with Gasteiger partial charge in [-0.05, 0) is 83.5 Å². The Morgan fingerprint density at radius 1 is 0.259 bits per heavy atom. The normalized spacial score (nSPS) is 12.4. The maximum Gasteiger partial charge on any atom is 0.306 e. The van der Waals surface area contributed by atoms with Crippen LogP contribution in [0.1, 0.15) is 380 Å². The van der Waals surface area contributed by atoms with Crippen molar-refractivity contribution in [2.24, 2.45) is 0 Å². The van der Waals surface area contributed by atoms with Crippen LogP contribution < -0.4 is 0 Å². The number of carbonyl (C=O) groups excluding carboxylic acids is 3. The molecule has 0 rings (SSSR count). The van der Waals surface area contributed by atoms with Crippen LogP contribution in [0.25, 0.3) is 0 Å². The second kappa shape index (κ2) is 69.6. The lowest BCUT2D eigenvalue weighted by Crippen LogP contribution is -2.30. The topological polar surface area (TPSA) is 78.9 Å². The van der Waals surface area contributed by atoms with Crippen LogP contribution in [0.2, 0.25) is 0 Å². The minimum absolute atomic E-state index is 0.0709. The molecule has 81 heavy (non-hydrogen) atoms. The molecule has 0 aromatic rings. The molecule has 0 aromatic heterocycles. The lowest BCUT2D eigenvalue weighted by Gasteiger charge is -2.18. The lowest BCUT2D eigenvalue weighted by atomic mass is 10.0. The van der Waals surface area contributed by atoms with E-state index in [9.17, 15) is 14.4 Å². The van der Waals surface area contributed by atoms with Crippen molar-refractivity contribution in [2.45, 2.75) is 386 Å². The Bertz CT molecular complexity index is 1440. The van der Waals surface area contributed by atoms with Crippen LogP contribution >= 0.6 is 0 Å². The van der Waals surface area contributed by atoms with Gasteiger partial charge in [-0.1, -0.05) is 338 Å². The molecule has 0 saturated carbocycles. The smallest absolute Gasteiger partial charge is 0.306 e. The first-order valence-electron chi connectivity index (χ1n) is 35.8. The first-order valence-corrected chi connectivity index (χ1v) is 35.8. The zero-order valence-corrected chi connectivity index (χ0v) is 54.3. The van der Waals surface area contributed by atoms with Crippen molar-refractivity contribution in [3.05, 3.63) is 60.8 Å². The van der Waals surface area contributed by atoms with E-state index in [1.54, 1.807) is 0 Å². The molecular weight excluding hydrogens is 997 g/mol. The van der Waals surface area contributed by atoms with Gasteiger partial charge in [0, 0.05) is 19.3 Å². The van der Waals surface area contributed by atoms with Crippen molar-refractivity contribution in [2.75, 3.05) is 13.2 Å². The quantitative estimate of drug-likeness (QED) is 0.0261. The van der Waals surface area contributed by atoms with Gasteiger partial charge in [-0.15, -0.1) is 0 Å². The van der Waals surface area contributed by atoms with Gasteiger partial charge < -0.3 is 14.2 Å². The van der Waals surface area contributed by atoms with Gasteiger partial charge in [-0.3, -0.25) is 14.4 Å². The van der Waals surface area contributed by atoms with Crippen molar-refractivity contribution < 1.29 is 28.6 Å². The average molecular weight is 1130 g/mol. The molecule has 0 aromatic carbocycles. The molecule has 0 aliphatic rings. The van der Waals surface area contributed by atoms with Crippen LogP contribution in [0.3, 0.4) is 0 Å². The van der Waals surface area contributed by atoms with Crippen LogP contribution in [0.5, 0.6) is 0 Å². The van der Waals surface area contributed by atoms with Crippen molar-refractivity contribution in [3.8, 4) is 0 Å². The molecule has 1 unspecified atom stereocenters. The highest BCUT2D eigenvalue weighted by Gasteiger charge is 2.19. The molecule has 0 aliphatic heterocycles. The van der Waals surface area contributed by atoms with E-state index in [-0.39, 0.29) is 31.1 Å². The van der Waals surface area contributed by atoms with E-state index in [0.717, 1.165) is 83.5 Å². The van der Waals surface area contributed by atoms with E-state index in [2.05, 4.69) is 81.5 Å². The number of allylic oxidation sites excluding steroid dienone is 10. The zero-order valence-electron chi connectivity index (χ0n) is 54.3. The summed E-state index contributed by atoms with van der Waals surface area (Å²) in [7, 11) is 0. The maximum absolute atomic E-state index is 13.0. The van der Waals surface area contributed by atoms with Gasteiger partial charge in [0.2, 0.25) is 0 Å². The first kappa shape index (κ1) is 78.1. The molecule has 472 valence electrons. The number of ether oxygens (including phenoxy) is 3. The molecular formula is C75H136O6. The minimum atomic E-state index is -0.776. The van der Waals surface area contributed by atoms with Gasteiger partial charge in [0.05, 0.1) is 0 Å². The van der Waals surface area contributed by atoms with Crippen molar-refractivity contribution in [1.82, 2.24) is 0 Å². The number of unbranched alkanes of at least 4 members (excludes halogenated alkanes) is 45. The molecule has 0 aliphatic carbocycles. The summed E-state index contributed by atoms with van der Waals surface area (Å²) >= 11 is 0. The molecule has 0 radical (unpaired) electrons. The summed E-state index contributed by atoms with van der Waals surface area (Å²) in [5.41, 5.74) is 0. The second-order valence-corrected chi connectivity index (χ2v) is 24.1. The third kappa shape index (κ3) is 67.8. The Kier molecular flexibility index (Phi) is 67.1. The molecule has 0 fully saturated rings. The molecule has 1 atom stereocenters. The highest BCUT2D eigenvalue weighted by atomic mass is 16.6. The highest BCUT2D eigenvalue weighted by Crippen LogP contribution is 2.18. The second-order valence-electron chi connectivity index (χ2n) is 24.1. The third-order valence-corrected chi connectivity index (χ3v) is 16.0. The maximum atomic E-state index is 13.0. The minimum Gasteiger partial charge on any atom is -0.462 e. The van der Waals surface area contributed by atoms with Crippen molar-refractivity contribution >= 4 is 17.9 Å². The van der Waals surface area contributed by atoms with Crippen molar-refractivity contribution in [3.63, 3.8) is 0 Å². The summed E-state index contributed by atoms with van der Waals surface area (Å²) in [6, 6.07) is 0. The standard InChI is InChI=1S/C75H136O6/c1-4-7-10-13-16-19-22-25-28-31-33-35-37-39-41-44-47-50-53-56-59-62-65-68-74(77)80-71-72(70-79-73(76)67-64-61-58-55-52-49-46-43-30-27-24-21-18-15-12-9-6-3)81-75(78)69-66-63-60-57-54-51-48-45-42-40-38-36-34-32-29-26-23-20-17-14-11-8-5-2/h7,10,16,19,25,28,32-35,72H,4-6,8-9,11-15,17-18,20-24,26-27,29-31,36-71H2,1-3H3/b10-7-,19-16-,28-25-,34-32-,35-33-. The fourth-order valence-corrected chi connectivity index (χ4v) is 10.7. The fourth-order valence-electron chi connectivity index (χ4n) is 10.7. The lowest BCUT2D eigenvalue weighted by molar-refractivity contribution is -0.167. The van der Waals surface area contributed by atoms with Gasteiger partial charge in [0.25, 0.3) is 0 Å². The average Bonchev–Trinajstić information content (AvgIpc) is 3.47. The van der Waals surface area contributed by atoms with Crippen LogP contribution in [0.4, 0.5) is 0 Å². The molecule has 0 bridgehead atoms. The van der Waals surface area contributed by atoms with Crippen LogP contribution in [0.15, 0.2) is 60.8 Å². The molecule has 0 saturated heterocycles. The number of carbonyl (C=O) groups is 3. The van der Waals surface area contributed by atoms with Gasteiger partial charge >= 0.3 is 17.9 Å². The summed E-state index contributed by atoms with van der Waals surface area (Å²) in [6.07, 6.45) is 89.6. The number of esters is 3. The van der Waals surface area contributed by atoms with Gasteiger partial charge in [0.1, 0.15) is 13.2 Å². The fraction of sp³-hybridized carbons (Fsp3) is 0.827. The van der Waals surface area contributed by atoms with Crippen LogP contribution in [-0.2, 0) is 28.6 Å².